The fraction of sp³-hybridized carbons (Fsp3) is 1.00. The highest BCUT2D eigenvalue weighted by molar-refractivity contribution is 7.90. The van der Waals surface area contributed by atoms with Crippen molar-refractivity contribution >= 4 is 9.84 Å². The van der Waals surface area contributed by atoms with Crippen molar-refractivity contribution in [3.63, 3.8) is 0 Å². The second kappa shape index (κ2) is 6.37. The molecule has 0 bridgehead atoms. The summed E-state index contributed by atoms with van der Waals surface area (Å²) in [7, 11) is 1.05. The second-order valence-electron chi connectivity index (χ2n) is 3.79. The van der Waals surface area contributed by atoms with Gasteiger partial charge in [-0.25, -0.2) is 8.42 Å². The Hall–Kier alpha value is -0.130. The molecule has 0 saturated heterocycles. The molecule has 0 rings (SSSR count). The minimum Gasteiger partial charge on any atom is -0.316 e. The van der Waals surface area contributed by atoms with Gasteiger partial charge in [0.1, 0.15) is 9.84 Å². The summed E-state index contributed by atoms with van der Waals surface area (Å²) in [5, 5.41) is 3.19. The highest BCUT2D eigenvalue weighted by Gasteiger charge is 2.09. The van der Waals surface area contributed by atoms with Gasteiger partial charge in [-0.3, -0.25) is 0 Å². The summed E-state index contributed by atoms with van der Waals surface area (Å²) in [4.78, 5) is 2.05. The van der Waals surface area contributed by atoms with E-state index in [1.54, 1.807) is 0 Å². The predicted molar refractivity (Wildman–Crippen MR) is 60.3 cm³/mol. The Morgan fingerprint density at radius 3 is 2.36 bits per heavy atom. The Morgan fingerprint density at radius 2 is 2.00 bits per heavy atom. The molecular weight excluding hydrogens is 200 g/mol. The van der Waals surface area contributed by atoms with Crippen molar-refractivity contribution in [2.45, 2.75) is 19.4 Å². The third kappa shape index (κ3) is 7.29. The van der Waals surface area contributed by atoms with Crippen molar-refractivity contribution in [2.75, 3.05) is 39.2 Å². The first-order chi connectivity index (χ1) is 6.39. The Balaban J connectivity index is 3.80. The molecule has 0 aliphatic carbocycles. The van der Waals surface area contributed by atoms with E-state index >= 15 is 0 Å². The Labute approximate surface area is 87.6 Å². The summed E-state index contributed by atoms with van der Waals surface area (Å²) in [5.41, 5.74) is 0. The zero-order chi connectivity index (χ0) is 11.2. The summed E-state index contributed by atoms with van der Waals surface area (Å²) in [5.74, 6) is 0.240. The van der Waals surface area contributed by atoms with Gasteiger partial charge in [-0.05, 0) is 20.5 Å². The first-order valence-electron chi connectivity index (χ1n) is 4.92. The Morgan fingerprint density at radius 1 is 1.43 bits per heavy atom. The van der Waals surface area contributed by atoms with E-state index in [1.165, 1.54) is 6.26 Å². The molecule has 0 heterocycles. The summed E-state index contributed by atoms with van der Waals surface area (Å²) < 4.78 is 21.8. The Bertz CT molecular complexity index is 235. The van der Waals surface area contributed by atoms with Gasteiger partial charge < -0.3 is 10.2 Å². The van der Waals surface area contributed by atoms with Crippen LogP contribution in [0.2, 0.25) is 0 Å². The molecule has 1 unspecified atom stereocenters. The molecule has 14 heavy (non-hydrogen) atoms. The summed E-state index contributed by atoms with van der Waals surface area (Å²) in [6.45, 7) is 3.62. The summed E-state index contributed by atoms with van der Waals surface area (Å²) in [6, 6.07) is 0.444. The molecule has 0 aliphatic heterocycles. The smallest absolute Gasteiger partial charge is 0.148 e. The molecule has 5 heteroatoms. The second-order valence-corrected chi connectivity index (χ2v) is 6.05. The lowest BCUT2D eigenvalue weighted by Gasteiger charge is -2.22. The fourth-order valence-corrected chi connectivity index (χ4v) is 1.86. The third-order valence-electron chi connectivity index (χ3n) is 2.28. The molecule has 0 aromatic rings. The van der Waals surface area contributed by atoms with Gasteiger partial charge in [0.15, 0.2) is 0 Å². The lowest BCUT2D eigenvalue weighted by Crippen LogP contribution is -2.38. The van der Waals surface area contributed by atoms with Crippen molar-refractivity contribution in [1.82, 2.24) is 10.2 Å². The average Bonchev–Trinajstić information content (AvgIpc) is 2.09. The predicted octanol–water partition coefficient (Wildman–Crippen LogP) is -0.0392. The van der Waals surface area contributed by atoms with Crippen molar-refractivity contribution < 1.29 is 8.42 Å². The number of rotatable bonds is 7. The van der Waals surface area contributed by atoms with Gasteiger partial charge in [-0.1, -0.05) is 6.92 Å². The zero-order valence-corrected chi connectivity index (χ0v) is 10.4. The van der Waals surface area contributed by atoms with Crippen LogP contribution in [-0.2, 0) is 9.84 Å². The number of likely N-dealkylation sites (N-methyl/N-ethyl adjacent to an activating group) is 2. The van der Waals surface area contributed by atoms with Gasteiger partial charge in [0.2, 0.25) is 0 Å². The first kappa shape index (κ1) is 13.9. The summed E-state index contributed by atoms with van der Waals surface area (Å²) in [6.07, 6.45) is 2.33. The average molecular weight is 222 g/mol. The van der Waals surface area contributed by atoms with E-state index in [0.29, 0.717) is 12.6 Å². The maximum Gasteiger partial charge on any atom is 0.148 e. The SMILES string of the molecule is CCC(CN(C)CCS(C)(=O)=O)NC. The van der Waals surface area contributed by atoms with Crippen LogP contribution >= 0.6 is 0 Å². The maximum absolute atomic E-state index is 10.9. The lowest BCUT2D eigenvalue weighted by atomic mass is 10.2. The lowest BCUT2D eigenvalue weighted by molar-refractivity contribution is 0.305. The van der Waals surface area contributed by atoms with Crippen LogP contribution in [0.1, 0.15) is 13.3 Å². The van der Waals surface area contributed by atoms with E-state index in [0.717, 1.165) is 13.0 Å². The molecule has 0 fully saturated rings. The van der Waals surface area contributed by atoms with Crippen LogP contribution in [0.5, 0.6) is 0 Å². The first-order valence-corrected chi connectivity index (χ1v) is 6.98. The molecule has 0 aromatic heterocycles. The van der Waals surface area contributed by atoms with E-state index in [9.17, 15) is 8.42 Å². The fourth-order valence-electron chi connectivity index (χ4n) is 1.21. The van der Waals surface area contributed by atoms with Crippen molar-refractivity contribution in [1.29, 1.82) is 0 Å². The highest BCUT2D eigenvalue weighted by Crippen LogP contribution is 1.94. The van der Waals surface area contributed by atoms with Crippen LogP contribution in [0.15, 0.2) is 0 Å². The molecular formula is C9H22N2O2S. The van der Waals surface area contributed by atoms with Crippen LogP contribution < -0.4 is 5.32 Å². The molecule has 1 N–H and O–H groups in total. The van der Waals surface area contributed by atoms with Crippen molar-refractivity contribution in [2.24, 2.45) is 0 Å². The summed E-state index contributed by atoms with van der Waals surface area (Å²) >= 11 is 0. The number of hydrogen-bond acceptors (Lipinski definition) is 4. The van der Waals surface area contributed by atoms with Gasteiger partial charge in [0.05, 0.1) is 5.75 Å². The number of nitrogens with one attached hydrogen (secondary N) is 1. The Kier molecular flexibility index (Phi) is 6.31. The van der Waals surface area contributed by atoms with E-state index in [4.69, 9.17) is 0 Å². The third-order valence-corrected chi connectivity index (χ3v) is 3.20. The maximum atomic E-state index is 10.9. The van der Waals surface area contributed by atoms with Crippen LogP contribution in [0, 0.1) is 0 Å². The largest absolute Gasteiger partial charge is 0.316 e. The molecule has 0 saturated carbocycles. The monoisotopic (exact) mass is 222 g/mol. The van der Waals surface area contributed by atoms with Gasteiger partial charge in [0.25, 0.3) is 0 Å². The molecule has 0 amide bonds. The zero-order valence-electron chi connectivity index (χ0n) is 9.58. The number of sulfone groups is 1. The van der Waals surface area contributed by atoms with Gasteiger partial charge >= 0.3 is 0 Å². The van der Waals surface area contributed by atoms with Crippen LogP contribution in [0.3, 0.4) is 0 Å². The van der Waals surface area contributed by atoms with Crippen LogP contribution in [0.25, 0.3) is 0 Å². The van der Waals surface area contributed by atoms with E-state index < -0.39 is 9.84 Å². The molecule has 0 aromatic carbocycles. The van der Waals surface area contributed by atoms with Gasteiger partial charge in [-0.15, -0.1) is 0 Å². The van der Waals surface area contributed by atoms with Crippen LogP contribution in [0.4, 0.5) is 0 Å². The van der Waals surface area contributed by atoms with Gasteiger partial charge in [-0.2, -0.15) is 0 Å². The van der Waals surface area contributed by atoms with E-state index in [2.05, 4.69) is 12.2 Å². The van der Waals surface area contributed by atoms with Crippen molar-refractivity contribution in [3.8, 4) is 0 Å². The molecule has 0 radical (unpaired) electrons. The number of nitrogens with zero attached hydrogens (tertiary/aromatic N) is 1. The highest BCUT2D eigenvalue weighted by atomic mass is 32.2. The number of hydrogen-bond donors (Lipinski definition) is 1. The van der Waals surface area contributed by atoms with E-state index in [1.807, 2.05) is 19.0 Å². The topological polar surface area (TPSA) is 49.4 Å². The molecule has 1 atom stereocenters. The van der Waals surface area contributed by atoms with Crippen LogP contribution in [-0.4, -0.2) is 58.6 Å². The normalized spacial score (nSPS) is 14.6. The van der Waals surface area contributed by atoms with Crippen molar-refractivity contribution in [3.05, 3.63) is 0 Å². The standard InChI is InChI=1S/C9H22N2O2S/c1-5-9(10-2)8-11(3)6-7-14(4,12)13/h9-10H,5-8H2,1-4H3. The molecule has 4 nitrogen and oxygen atoms in total. The minimum atomic E-state index is -2.83. The quantitative estimate of drug-likeness (QED) is 0.657. The minimum absolute atomic E-state index is 0.240. The molecule has 0 spiro atoms. The molecule has 0 aliphatic rings. The molecule has 86 valence electrons. The van der Waals surface area contributed by atoms with E-state index in [-0.39, 0.29) is 5.75 Å². The van der Waals surface area contributed by atoms with Gasteiger partial charge in [0, 0.05) is 25.4 Å².